The zero-order valence-electron chi connectivity index (χ0n) is 12.2. The summed E-state index contributed by atoms with van der Waals surface area (Å²) in [5.74, 6) is 0.608. The molecule has 0 spiro atoms. The summed E-state index contributed by atoms with van der Waals surface area (Å²) >= 11 is 0. The Morgan fingerprint density at radius 2 is 1.55 bits per heavy atom. The fourth-order valence-electron chi connectivity index (χ4n) is 3.36. The molecule has 0 radical (unpaired) electrons. The van der Waals surface area contributed by atoms with Gasteiger partial charge in [0.2, 0.25) is 0 Å². The average Bonchev–Trinajstić information content (AvgIpc) is 2.91. The maximum Gasteiger partial charge on any atom is 0.127 e. The largest absolute Gasteiger partial charge is 0.497 e. The van der Waals surface area contributed by atoms with Gasteiger partial charge in [-0.3, -0.25) is 0 Å². The van der Waals surface area contributed by atoms with E-state index in [1.807, 2.05) is 42.5 Å². The molecule has 1 atom stereocenters. The van der Waals surface area contributed by atoms with Crippen molar-refractivity contribution in [2.75, 3.05) is 7.11 Å². The molecule has 0 amide bonds. The maximum atomic E-state index is 14.5. The summed E-state index contributed by atoms with van der Waals surface area (Å²) in [6.45, 7) is 0. The van der Waals surface area contributed by atoms with E-state index in [-0.39, 0.29) is 11.7 Å². The van der Waals surface area contributed by atoms with E-state index in [2.05, 4.69) is 12.1 Å². The molecule has 4 rings (SSSR count). The third-order valence-corrected chi connectivity index (χ3v) is 4.35. The van der Waals surface area contributed by atoms with Crippen LogP contribution in [0.15, 0.2) is 66.7 Å². The minimum atomic E-state index is -0.144. The molecule has 1 unspecified atom stereocenters. The molecule has 0 aromatic heterocycles. The number of ether oxygens (including phenoxy) is 1. The van der Waals surface area contributed by atoms with Crippen LogP contribution >= 0.6 is 0 Å². The van der Waals surface area contributed by atoms with Crippen molar-refractivity contribution in [3.63, 3.8) is 0 Å². The molecule has 3 aromatic rings. The highest BCUT2D eigenvalue weighted by Gasteiger charge is 2.31. The minimum Gasteiger partial charge on any atom is -0.497 e. The van der Waals surface area contributed by atoms with E-state index < -0.39 is 0 Å². The molecule has 22 heavy (non-hydrogen) atoms. The number of halogens is 1. The Morgan fingerprint density at radius 1 is 0.818 bits per heavy atom. The minimum absolute atomic E-state index is 0.0571. The van der Waals surface area contributed by atoms with Crippen molar-refractivity contribution in [1.82, 2.24) is 0 Å². The predicted molar refractivity (Wildman–Crippen MR) is 85.8 cm³/mol. The van der Waals surface area contributed by atoms with Gasteiger partial charge in [-0.1, -0.05) is 48.5 Å². The maximum absolute atomic E-state index is 14.5. The Labute approximate surface area is 129 Å². The molecule has 0 heterocycles. The van der Waals surface area contributed by atoms with Crippen LogP contribution in [0.1, 0.15) is 22.6 Å². The van der Waals surface area contributed by atoms with Gasteiger partial charge in [0.25, 0.3) is 0 Å². The second-order valence-electron chi connectivity index (χ2n) is 5.49. The molecule has 1 aliphatic rings. The van der Waals surface area contributed by atoms with Gasteiger partial charge in [0, 0.05) is 11.5 Å². The fraction of sp³-hybridized carbons (Fsp3) is 0.100. The van der Waals surface area contributed by atoms with Gasteiger partial charge < -0.3 is 4.74 Å². The summed E-state index contributed by atoms with van der Waals surface area (Å²) in [6.07, 6.45) is 0. The molecule has 0 N–H and O–H groups in total. The Kier molecular flexibility index (Phi) is 2.97. The summed E-state index contributed by atoms with van der Waals surface area (Å²) in [7, 11) is 1.65. The number of fused-ring (bicyclic) bond motifs is 3. The third kappa shape index (κ3) is 1.84. The van der Waals surface area contributed by atoms with E-state index in [0.717, 1.165) is 33.6 Å². The molecule has 0 fully saturated rings. The summed E-state index contributed by atoms with van der Waals surface area (Å²) in [4.78, 5) is 0. The zero-order valence-corrected chi connectivity index (χ0v) is 12.2. The summed E-state index contributed by atoms with van der Waals surface area (Å²) in [5, 5.41) is 0. The van der Waals surface area contributed by atoms with E-state index in [9.17, 15) is 4.39 Å². The first-order chi connectivity index (χ1) is 10.8. The molecular formula is C20H15FO. The van der Waals surface area contributed by atoms with Crippen LogP contribution in [0.25, 0.3) is 11.1 Å². The highest BCUT2D eigenvalue weighted by Crippen LogP contribution is 2.48. The lowest BCUT2D eigenvalue weighted by atomic mass is 9.89. The number of hydrogen-bond donors (Lipinski definition) is 0. The second kappa shape index (κ2) is 4.99. The van der Waals surface area contributed by atoms with E-state index in [4.69, 9.17) is 4.74 Å². The smallest absolute Gasteiger partial charge is 0.127 e. The molecule has 1 aliphatic carbocycles. The number of hydrogen-bond acceptors (Lipinski definition) is 1. The van der Waals surface area contributed by atoms with Crippen molar-refractivity contribution >= 4 is 0 Å². The molecule has 0 saturated carbocycles. The lowest BCUT2D eigenvalue weighted by Crippen LogP contribution is -2.01. The summed E-state index contributed by atoms with van der Waals surface area (Å²) in [6, 6.07) is 21.4. The van der Waals surface area contributed by atoms with Crippen molar-refractivity contribution in [2.24, 2.45) is 0 Å². The van der Waals surface area contributed by atoms with Crippen LogP contribution < -0.4 is 4.74 Å². The number of rotatable bonds is 2. The first-order valence-electron chi connectivity index (χ1n) is 7.31. The number of benzene rings is 3. The van der Waals surface area contributed by atoms with Gasteiger partial charge in [0.15, 0.2) is 0 Å². The zero-order chi connectivity index (χ0) is 15.1. The molecule has 2 heteroatoms. The van der Waals surface area contributed by atoms with E-state index in [1.165, 1.54) is 0 Å². The van der Waals surface area contributed by atoms with Gasteiger partial charge in [0.05, 0.1) is 7.11 Å². The normalized spacial score (nSPS) is 15.3. The SMILES string of the molecule is COc1ccc(C2c3ccccc3-c3cccc(F)c32)cc1. The quantitative estimate of drug-likeness (QED) is 0.505. The Bertz CT molecular complexity index is 837. The van der Waals surface area contributed by atoms with Crippen LogP contribution in [0, 0.1) is 5.82 Å². The molecular weight excluding hydrogens is 275 g/mol. The monoisotopic (exact) mass is 290 g/mol. The van der Waals surface area contributed by atoms with Crippen LogP contribution in [0.5, 0.6) is 5.75 Å². The van der Waals surface area contributed by atoms with E-state index in [1.54, 1.807) is 19.2 Å². The van der Waals surface area contributed by atoms with E-state index >= 15 is 0 Å². The van der Waals surface area contributed by atoms with Crippen LogP contribution in [0.2, 0.25) is 0 Å². The van der Waals surface area contributed by atoms with Crippen molar-refractivity contribution in [2.45, 2.75) is 5.92 Å². The average molecular weight is 290 g/mol. The highest BCUT2D eigenvalue weighted by atomic mass is 19.1. The Balaban J connectivity index is 1.95. The van der Waals surface area contributed by atoms with Crippen LogP contribution in [0.3, 0.4) is 0 Å². The van der Waals surface area contributed by atoms with Crippen molar-refractivity contribution in [3.8, 4) is 16.9 Å². The van der Waals surface area contributed by atoms with Gasteiger partial charge in [-0.15, -0.1) is 0 Å². The third-order valence-electron chi connectivity index (χ3n) is 4.35. The second-order valence-corrected chi connectivity index (χ2v) is 5.49. The summed E-state index contributed by atoms with van der Waals surface area (Å²) < 4.78 is 19.7. The summed E-state index contributed by atoms with van der Waals surface area (Å²) in [5.41, 5.74) is 5.13. The van der Waals surface area contributed by atoms with Crippen LogP contribution in [0.4, 0.5) is 4.39 Å². The first-order valence-corrected chi connectivity index (χ1v) is 7.31. The fourth-order valence-corrected chi connectivity index (χ4v) is 3.36. The molecule has 1 nitrogen and oxygen atoms in total. The standard InChI is InChI=1S/C20H15FO/c1-22-14-11-9-13(10-12-14)19-16-6-3-2-5-15(16)17-7-4-8-18(21)20(17)19/h2-12,19H,1H3. The van der Waals surface area contributed by atoms with Gasteiger partial charge in [-0.2, -0.15) is 0 Å². The molecule has 0 saturated heterocycles. The first kappa shape index (κ1) is 13.1. The van der Waals surface area contributed by atoms with Gasteiger partial charge in [-0.25, -0.2) is 4.39 Å². The van der Waals surface area contributed by atoms with Gasteiger partial charge in [0.1, 0.15) is 11.6 Å². The predicted octanol–water partition coefficient (Wildman–Crippen LogP) is 4.99. The Morgan fingerprint density at radius 3 is 2.32 bits per heavy atom. The lowest BCUT2D eigenvalue weighted by molar-refractivity contribution is 0.414. The Hall–Kier alpha value is -2.61. The van der Waals surface area contributed by atoms with Gasteiger partial charge >= 0.3 is 0 Å². The lowest BCUT2D eigenvalue weighted by Gasteiger charge is -2.15. The van der Waals surface area contributed by atoms with Crippen molar-refractivity contribution in [1.29, 1.82) is 0 Å². The molecule has 3 aromatic carbocycles. The van der Waals surface area contributed by atoms with Gasteiger partial charge in [-0.05, 0) is 40.5 Å². The van der Waals surface area contributed by atoms with Crippen molar-refractivity contribution < 1.29 is 9.13 Å². The van der Waals surface area contributed by atoms with E-state index in [0.29, 0.717) is 0 Å². The van der Waals surface area contributed by atoms with Crippen LogP contribution in [-0.4, -0.2) is 7.11 Å². The molecule has 0 aliphatic heterocycles. The topological polar surface area (TPSA) is 9.23 Å². The molecule has 108 valence electrons. The molecule has 0 bridgehead atoms. The highest BCUT2D eigenvalue weighted by molar-refractivity contribution is 5.80. The van der Waals surface area contributed by atoms with Crippen molar-refractivity contribution in [3.05, 3.63) is 89.2 Å². The van der Waals surface area contributed by atoms with Crippen LogP contribution in [-0.2, 0) is 0 Å². The number of methoxy groups -OCH3 is 1.